The third-order valence-electron chi connectivity index (χ3n) is 4.37. The molecule has 1 fully saturated rings. The maximum atomic E-state index is 12.5. The number of carbonyl (C=O) groups excluding carboxylic acids is 1. The van der Waals surface area contributed by atoms with E-state index in [9.17, 15) is 13.2 Å². The van der Waals surface area contributed by atoms with Crippen LogP contribution in [0.2, 0.25) is 0 Å². The number of benzene rings is 1. The van der Waals surface area contributed by atoms with Gasteiger partial charge in [0.15, 0.2) is 9.84 Å². The summed E-state index contributed by atoms with van der Waals surface area (Å²) in [5.74, 6) is 0.940. The fourth-order valence-corrected chi connectivity index (χ4v) is 4.66. The topological polar surface area (TPSA) is 101 Å². The van der Waals surface area contributed by atoms with E-state index in [1.165, 1.54) is 12.3 Å². The zero-order valence-electron chi connectivity index (χ0n) is 15.3. The number of hydrogen-bond acceptors (Lipinski definition) is 7. The highest BCUT2D eigenvalue weighted by atomic mass is 32.2. The molecule has 1 amide bonds. The predicted octanol–water partition coefficient (Wildman–Crippen LogP) is 1.75. The van der Waals surface area contributed by atoms with E-state index >= 15 is 0 Å². The van der Waals surface area contributed by atoms with Crippen molar-refractivity contribution in [3.63, 3.8) is 0 Å². The van der Waals surface area contributed by atoms with Gasteiger partial charge in [-0.2, -0.15) is 0 Å². The Balaban J connectivity index is 1.70. The standard InChI is InChI=1S/C18H22N4O4S/c1-3-26-15-6-4-13(5-7-15)20-17(23)16-8-10-19-18(21-16)22(2)14-9-11-27(24,25)12-14/h4-8,10,14H,3,9,11-12H2,1-2H3,(H,20,23). The SMILES string of the molecule is CCOc1ccc(NC(=O)c2ccnc(N(C)C3CCS(=O)(=O)C3)n2)cc1. The molecule has 0 radical (unpaired) electrons. The largest absolute Gasteiger partial charge is 0.494 e. The lowest BCUT2D eigenvalue weighted by Gasteiger charge is -2.23. The number of sulfone groups is 1. The molecule has 1 saturated heterocycles. The monoisotopic (exact) mass is 390 g/mol. The van der Waals surface area contributed by atoms with Gasteiger partial charge in [-0.1, -0.05) is 0 Å². The number of anilines is 2. The van der Waals surface area contributed by atoms with E-state index in [0.717, 1.165) is 5.75 Å². The van der Waals surface area contributed by atoms with Crippen molar-refractivity contribution in [1.82, 2.24) is 9.97 Å². The highest BCUT2D eigenvalue weighted by molar-refractivity contribution is 7.91. The minimum absolute atomic E-state index is 0.0788. The van der Waals surface area contributed by atoms with Crippen molar-refractivity contribution in [2.24, 2.45) is 0 Å². The number of ether oxygens (including phenoxy) is 1. The van der Waals surface area contributed by atoms with Crippen LogP contribution in [0.25, 0.3) is 0 Å². The quantitative estimate of drug-likeness (QED) is 0.802. The van der Waals surface area contributed by atoms with Crippen molar-refractivity contribution in [3.8, 4) is 5.75 Å². The second-order valence-electron chi connectivity index (χ2n) is 6.32. The van der Waals surface area contributed by atoms with Crippen LogP contribution in [0.4, 0.5) is 11.6 Å². The minimum atomic E-state index is -3.01. The number of hydrogen-bond donors (Lipinski definition) is 1. The first-order valence-corrected chi connectivity index (χ1v) is 10.5. The third kappa shape index (κ3) is 4.73. The van der Waals surface area contributed by atoms with Crippen LogP contribution in [0.1, 0.15) is 23.8 Å². The van der Waals surface area contributed by atoms with Crippen LogP contribution in [-0.4, -0.2) is 55.5 Å². The van der Waals surface area contributed by atoms with Gasteiger partial charge in [-0.3, -0.25) is 4.79 Å². The zero-order valence-corrected chi connectivity index (χ0v) is 16.1. The van der Waals surface area contributed by atoms with Crippen molar-refractivity contribution in [2.75, 3.05) is 35.4 Å². The van der Waals surface area contributed by atoms with Crippen molar-refractivity contribution in [3.05, 3.63) is 42.2 Å². The molecule has 2 aromatic rings. The first-order chi connectivity index (χ1) is 12.9. The molecule has 0 spiro atoms. The van der Waals surface area contributed by atoms with Crippen LogP contribution in [0.3, 0.4) is 0 Å². The fraction of sp³-hybridized carbons (Fsp3) is 0.389. The molecular formula is C18H22N4O4S. The van der Waals surface area contributed by atoms with Gasteiger partial charge >= 0.3 is 0 Å². The summed E-state index contributed by atoms with van der Waals surface area (Å²) in [6.45, 7) is 2.48. The van der Waals surface area contributed by atoms with E-state index in [4.69, 9.17) is 4.74 Å². The van der Waals surface area contributed by atoms with Gasteiger partial charge in [0.2, 0.25) is 5.95 Å². The molecule has 27 heavy (non-hydrogen) atoms. The molecule has 3 rings (SSSR count). The van der Waals surface area contributed by atoms with Crippen molar-refractivity contribution < 1.29 is 17.9 Å². The molecule has 8 nitrogen and oxygen atoms in total. The highest BCUT2D eigenvalue weighted by Crippen LogP contribution is 2.21. The van der Waals surface area contributed by atoms with Crippen LogP contribution in [0.15, 0.2) is 36.5 Å². The van der Waals surface area contributed by atoms with Gasteiger partial charge in [-0.05, 0) is 43.7 Å². The van der Waals surface area contributed by atoms with Crippen LogP contribution < -0.4 is 15.0 Å². The molecule has 1 aromatic carbocycles. The molecule has 1 unspecified atom stereocenters. The van der Waals surface area contributed by atoms with E-state index in [-0.39, 0.29) is 29.1 Å². The normalized spacial score (nSPS) is 18.1. The minimum Gasteiger partial charge on any atom is -0.494 e. The van der Waals surface area contributed by atoms with Gasteiger partial charge in [0.05, 0.1) is 18.1 Å². The maximum absolute atomic E-state index is 12.5. The van der Waals surface area contributed by atoms with E-state index in [2.05, 4.69) is 15.3 Å². The summed E-state index contributed by atoms with van der Waals surface area (Å²) in [4.78, 5) is 22.7. The lowest BCUT2D eigenvalue weighted by Crippen LogP contribution is -2.34. The lowest BCUT2D eigenvalue weighted by molar-refractivity contribution is 0.102. The molecule has 144 valence electrons. The summed E-state index contributed by atoms with van der Waals surface area (Å²) >= 11 is 0. The van der Waals surface area contributed by atoms with Crippen molar-refractivity contribution in [2.45, 2.75) is 19.4 Å². The number of nitrogens with zero attached hydrogens (tertiary/aromatic N) is 3. The van der Waals surface area contributed by atoms with Crippen LogP contribution >= 0.6 is 0 Å². The number of amides is 1. The van der Waals surface area contributed by atoms with E-state index in [1.807, 2.05) is 6.92 Å². The molecule has 9 heteroatoms. The summed E-state index contributed by atoms with van der Waals surface area (Å²) in [6, 6.07) is 8.39. The van der Waals surface area contributed by atoms with Crippen LogP contribution in [0.5, 0.6) is 5.75 Å². The maximum Gasteiger partial charge on any atom is 0.274 e. The van der Waals surface area contributed by atoms with E-state index < -0.39 is 9.84 Å². The van der Waals surface area contributed by atoms with Gasteiger partial charge in [-0.25, -0.2) is 18.4 Å². The molecular weight excluding hydrogens is 368 g/mol. The van der Waals surface area contributed by atoms with Crippen molar-refractivity contribution >= 4 is 27.4 Å². The van der Waals surface area contributed by atoms with E-state index in [1.54, 1.807) is 36.2 Å². The lowest BCUT2D eigenvalue weighted by atomic mass is 10.2. The Hall–Kier alpha value is -2.68. The second kappa shape index (κ2) is 7.91. The molecule has 1 aliphatic rings. The summed E-state index contributed by atoms with van der Waals surface area (Å²) < 4.78 is 28.7. The van der Waals surface area contributed by atoms with Crippen molar-refractivity contribution in [1.29, 1.82) is 0 Å². The number of aromatic nitrogens is 2. The van der Waals surface area contributed by atoms with Gasteiger partial charge < -0.3 is 15.0 Å². The molecule has 1 N–H and O–H groups in total. The summed E-state index contributed by atoms with van der Waals surface area (Å²) in [7, 11) is -1.27. The first kappa shape index (κ1) is 19.1. The summed E-state index contributed by atoms with van der Waals surface area (Å²) in [5, 5.41) is 2.78. The molecule has 0 bridgehead atoms. The predicted molar refractivity (Wildman–Crippen MR) is 103 cm³/mol. The Kier molecular flexibility index (Phi) is 5.59. The average Bonchev–Trinajstić information content (AvgIpc) is 3.03. The molecule has 1 aromatic heterocycles. The van der Waals surface area contributed by atoms with Gasteiger partial charge in [0.25, 0.3) is 5.91 Å². The van der Waals surface area contributed by atoms with Crippen LogP contribution in [0, 0.1) is 0 Å². The van der Waals surface area contributed by atoms with Crippen LogP contribution in [-0.2, 0) is 9.84 Å². The Labute approximate surface area is 158 Å². The fourth-order valence-electron chi connectivity index (χ4n) is 2.89. The zero-order chi connectivity index (χ0) is 19.4. The van der Waals surface area contributed by atoms with Gasteiger partial charge in [-0.15, -0.1) is 0 Å². The average molecular weight is 390 g/mol. The first-order valence-electron chi connectivity index (χ1n) is 8.68. The Bertz CT molecular complexity index is 915. The van der Waals surface area contributed by atoms with Gasteiger partial charge in [0, 0.05) is 25.0 Å². The molecule has 2 heterocycles. The third-order valence-corrected chi connectivity index (χ3v) is 6.12. The molecule has 1 aliphatic heterocycles. The Morgan fingerprint density at radius 3 is 2.67 bits per heavy atom. The summed E-state index contributed by atoms with van der Waals surface area (Å²) in [6.07, 6.45) is 2.03. The molecule has 0 aliphatic carbocycles. The summed E-state index contributed by atoms with van der Waals surface area (Å²) in [5.41, 5.74) is 0.834. The van der Waals surface area contributed by atoms with Gasteiger partial charge in [0.1, 0.15) is 11.4 Å². The Morgan fingerprint density at radius 1 is 1.30 bits per heavy atom. The number of rotatable bonds is 6. The Morgan fingerprint density at radius 2 is 2.04 bits per heavy atom. The van der Waals surface area contributed by atoms with E-state index in [0.29, 0.717) is 24.7 Å². The molecule has 1 atom stereocenters. The number of carbonyl (C=O) groups is 1. The highest BCUT2D eigenvalue weighted by Gasteiger charge is 2.31. The smallest absolute Gasteiger partial charge is 0.274 e. The number of nitrogens with one attached hydrogen (secondary N) is 1. The molecule has 0 saturated carbocycles. The second-order valence-corrected chi connectivity index (χ2v) is 8.55.